The maximum atomic E-state index is 13.1. The number of carbonyl (C=O) groups is 1. The second-order valence-electron chi connectivity index (χ2n) is 8.59. The van der Waals surface area contributed by atoms with Crippen LogP contribution in [0.5, 0.6) is 0 Å². The fourth-order valence-electron chi connectivity index (χ4n) is 4.10. The second-order valence-corrected chi connectivity index (χ2v) is 9.00. The van der Waals surface area contributed by atoms with Gasteiger partial charge in [0.2, 0.25) is 5.91 Å². The van der Waals surface area contributed by atoms with Crippen molar-refractivity contribution in [3.05, 3.63) is 29.7 Å². The first-order valence-electron chi connectivity index (χ1n) is 11.2. The summed E-state index contributed by atoms with van der Waals surface area (Å²) in [6.07, 6.45) is 1.89. The van der Waals surface area contributed by atoms with Gasteiger partial charge in [0.05, 0.1) is 34.9 Å². The first kappa shape index (κ1) is 24.6. The van der Waals surface area contributed by atoms with Crippen LogP contribution in [0.3, 0.4) is 0 Å². The monoisotopic (exact) mass is 498 g/mol. The molecule has 4 heterocycles. The molecular formula is C22H26ClF3N6O2. The molecule has 8 nitrogen and oxygen atoms in total. The first-order valence-corrected chi connectivity index (χ1v) is 11.5. The average Bonchev–Trinajstić information content (AvgIpc) is 2.84. The van der Waals surface area contributed by atoms with E-state index in [1.165, 1.54) is 6.20 Å². The number of rotatable bonds is 6. The lowest BCUT2D eigenvalue weighted by atomic mass is 9.89. The summed E-state index contributed by atoms with van der Waals surface area (Å²) in [5, 5.41) is 8.91. The molecule has 2 aromatic rings. The quantitative estimate of drug-likeness (QED) is 0.557. The summed E-state index contributed by atoms with van der Waals surface area (Å²) < 4.78 is 44.6. The average molecular weight is 499 g/mol. The van der Waals surface area contributed by atoms with Crippen molar-refractivity contribution in [3.63, 3.8) is 0 Å². The standard InChI is InChI=1S/C22H26ClF3N6O2/c23-17-10-30-19(32-21(33)14-5-15(9-27-8-14)22(24,25)26)6-16(17)18-11-28-12-20(31-18)29-7-13-1-3-34-4-2-13/h6,10-15,27H,1-5,7-9H2,(H,29,31)(H,30,32,33)/t14-,15+/m0/s1. The van der Waals surface area contributed by atoms with Crippen LogP contribution in [0.4, 0.5) is 24.8 Å². The van der Waals surface area contributed by atoms with Crippen LogP contribution in [-0.2, 0) is 9.53 Å². The highest BCUT2D eigenvalue weighted by Crippen LogP contribution is 2.33. The summed E-state index contributed by atoms with van der Waals surface area (Å²) in [5.74, 6) is -1.64. The molecule has 0 spiro atoms. The van der Waals surface area contributed by atoms with Gasteiger partial charge >= 0.3 is 6.18 Å². The zero-order chi connectivity index (χ0) is 24.1. The van der Waals surface area contributed by atoms with Crippen molar-refractivity contribution in [2.24, 2.45) is 17.8 Å². The Morgan fingerprint density at radius 1 is 1.18 bits per heavy atom. The molecule has 0 radical (unpaired) electrons. The van der Waals surface area contributed by atoms with Gasteiger partial charge in [0, 0.05) is 44.6 Å². The van der Waals surface area contributed by atoms with E-state index in [1.54, 1.807) is 18.5 Å². The van der Waals surface area contributed by atoms with Crippen LogP contribution in [0.25, 0.3) is 11.3 Å². The van der Waals surface area contributed by atoms with Crippen LogP contribution in [0.15, 0.2) is 24.7 Å². The van der Waals surface area contributed by atoms with Crippen molar-refractivity contribution in [1.82, 2.24) is 20.3 Å². The van der Waals surface area contributed by atoms with Gasteiger partial charge in [0.1, 0.15) is 11.6 Å². The van der Waals surface area contributed by atoms with Crippen molar-refractivity contribution < 1.29 is 22.7 Å². The molecule has 2 saturated heterocycles. The van der Waals surface area contributed by atoms with E-state index in [-0.39, 0.29) is 25.3 Å². The van der Waals surface area contributed by atoms with E-state index in [9.17, 15) is 18.0 Å². The number of anilines is 2. The van der Waals surface area contributed by atoms with Gasteiger partial charge in [0.25, 0.3) is 0 Å². The third-order valence-corrected chi connectivity index (χ3v) is 6.42. The van der Waals surface area contributed by atoms with Crippen molar-refractivity contribution in [2.45, 2.75) is 25.4 Å². The molecule has 2 aromatic heterocycles. The fourth-order valence-corrected chi connectivity index (χ4v) is 4.30. The minimum Gasteiger partial charge on any atom is -0.381 e. The number of halogens is 4. The Bertz CT molecular complexity index is 1000. The maximum Gasteiger partial charge on any atom is 0.393 e. The molecule has 0 saturated carbocycles. The van der Waals surface area contributed by atoms with Crippen molar-refractivity contribution in [3.8, 4) is 11.3 Å². The van der Waals surface area contributed by atoms with Gasteiger partial charge in [-0.15, -0.1) is 0 Å². The Morgan fingerprint density at radius 3 is 2.74 bits per heavy atom. The molecule has 184 valence electrons. The zero-order valence-electron chi connectivity index (χ0n) is 18.4. The Hall–Kier alpha value is -2.50. The third kappa shape index (κ3) is 6.34. The Balaban J connectivity index is 1.43. The van der Waals surface area contributed by atoms with Crippen molar-refractivity contribution in [2.75, 3.05) is 43.5 Å². The number of piperidine rings is 1. The van der Waals surface area contributed by atoms with Crippen LogP contribution < -0.4 is 16.0 Å². The number of aromatic nitrogens is 3. The van der Waals surface area contributed by atoms with Crippen molar-refractivity contribution >= 4 is 29.1 Å². The van der Waals surface area contributed by atoms with Gasteiger partial charge in [-0.05, 0) is 31.2 Å². The Morgan fingerprint density at radius 2 is 1.97 bits per heavy atom. The molecule has 0 aromatic carbocycles. The van der Waals surface area contributed by atoms with E-state index in [4.69, 9.17) is 16.3 Å². The third-order valence-electron chi connectivity index (χ3n) is 6.11. The predicted octanol–water partition coefficient (Wildman–Crippen LogP) is 3.76. The van der Waals surface area contributed by atoms with Gasteiger partial charge < -0.3 is 20.7 Å². The molecule has 1 amide bonds. The van der Waals surface area contributed by atoms with E-state index in [2.05, 4.69) is 30.9 Å². The topological polar surface area (TPSA) is 101 Å². The molecule has 2 atom stereocenters. The van der Waals surface area contributed by atoms with Crippen LogP contribution in [-0.4, -0.2) is 59.9 Å². The van der Waals surface area contributed by atoms with Crippen LogP contribution >= 0.6 is 11.6 Å². The molecule has 0 bridgehead atoms. The van der Waals surface area contributed by atoms with Crippen LogP contribution in [0.2, 0.25) is 5.02 Å². The SMILES string of the molecule is O=C(Nc1cc(-c2cncc(NCC3CCOCC3)n2)c(Cl)cn1)[C@@H]1CNC[C@H](C(F)(F)F)C1. The number of amides is 1. The maximum absolute atomic E-state index is 13.1. The van der Waals surface area contributed by atoms with E-state index < -0.39 is 23.9 Å². The summed E-state index contributed by atoms with van der Waals surface area (Å²) >= 11 is 6.32. The van der Waals surface area contributed by atoms with Gasteiger partial charge in [-0.3, -0.25) is 9.78 Å². The van der Waals surface area contributed by atoms with E-state index in [0.29, 0.717) is 28.0 Å². The molecular weight excluding hydrogens is 473 g/mol. The number of hydrogen-bond acceptors (Lipinski definition) is 7. The zero-order valence-corrected chi connectivity index (χ0v) is 19.1. The van der Waals surface area contributed by atoms with E-state index in [0.717, 1.165) is 32.6 Å². The lowest BCUT2D eigenvalue weighted by Crippen LogP contribution is -2.46. The molecule has 3 N–H and O–H groups in total. The second kappa shape index (κ2) is 10.8. The molecule has 2 fully saturated rings. The highest BCUT2D eigenvalue weighted by atomic mass is 35.5. The van der Waals surface area contributed by atoms with Gasteiger partial charge in [-0.25, -0.2) is 9.97 Å². The number of pyridine rings is 1. The molecule has 4 rings (SSSR count). The molecule has 34 heavy (non-hydrogen) atoms. The lowest BCUT2D eigenvalue weighted by molar-refractivity contribution is -0.181. The highest BCUT2D eigenvalue weighted by molar-refractivity contribution is 6.33. The molecule has 12 heteroatoms. The molecule has 0 aliphatic carbocycles. The number of nitrogens with zero attached hydrogens (tertiary/aromatic N) is 3. The van der Waals surface area contributed by atoms with E-state index >= 15 is 0 Å². The Labute approximate surface area is 200 Å². The number of ether oxygens (including phenoxy) is 1. The van der Waals surface area contributed by atoms with Crippen molar-refractivity contribution in [1.29, 1.82) is 0 Å². The number of hydrogen-bond donors (Lipinski definition) is 3. The molecule has 0 unspecified atom stereocenters. The fraction of sp³-hybridized carbons (Fsp3) is 0.545. The summed E-state index contributed by atoms with van der Waals surface area (Å²) in [4.78, 5) is 25.5. The predicted molar refractivity (Wildman–Crippen MR) is 121 cm³/mol. The highest BCUT2D eigenvalue weighted by Gasteiger charge is 2.43. The van der Waals surface area contributed by atoms with Gasteiger partial charge in [-0.2, -0.15) is 13.2 Å². The summed E-state index contributed by atoms with van der Waals surface area (Å²) in [7, 11) is 0. The minimum atomic E-state index is -4.35. The Kier molecular flexibility index (Phi) is 7.84. The molecule has 2 aliphatic rings. The summed E-state index contributed by atoms with van der Waals surface area (Å²) in [6, 6.07) is 1.55. The smallest absolute Gasteiger partial charge is 0.381 e. The number of nitrogens with one attached hydrogen (secondary N) is 3. The first-order chi connectivity index (χ1) is 16.3. The summed E-state index contributed by atoms with van der Waals surface area (Å²) in [6.45, 7) is 2.25. The lowest BCUT2D eigenvalue weighted by Gasteiger charge is -2.30. The van der Waals surface area contributed by atoms with E-state index in [1.807, 2.05) is 0 Å². The van der Waals surface area contributed by atoms with Crippen LogP contribution in [0.1, 0.15) is 19.3 Å². The number of alkyl halides is 3. The van der Waals surface area contributed by atoms with Gasteiger partial charge in [-0.1, -0.05) is 11.6 Å². The number of carbonyl (C=O) groups excluding carboxylic acids is 1. The largest absolute Gasteiger partial charge is 0.393 e. The summed E-state index contributed by atoms with van der Waals surface area (Å²) in [5.41, 5.74) is 0.987. The van der Waals surface area contributed by atoms with Gasteiger partial charge in [0.15, 0.2) is 0 Å². The minimum absolute atomic E-state index is 0.172. The normalized spacial score (nSPS) is 21.8. The molecule has 2 aliphatic heterocycles. The van der Waals surface area contributed by atoms with Crippen LogP contribution in [0, 0.1) is 17.8 Å².